The molecule has 1 saturated heterocycles. The highest BCUT2D eigenvalue weighted by Gasteiger charge is 2.32. The number of nitro groups is 1. The summed E-state index contributed by atoms with van der Waals surface area (Å²) in [6, 6.07) is 2.80. The predicted octanol–water partition coefficient (Wildman–Crippen LogP) is 4.05. The fourth-order valence-corrected chi connectivity index (χ4v) is 3.10. The molecule has 0 aromatic carbocycles. The molecule has 1 aromatic heterocycles. The van der Waals surface area contributed by atoms with Gasteiger partial charge in [0.25, 0.3) is 5.69 Å². The Balaban J connectivity index is 2.16. The lowest BCUT2D eigenvalue weighted by atomic mass is 9.74. The molecule has 0 radical (unpaired) electrons. The molecule has 0 spiro atoms. The second kappa shape index (κ2) is 5.95. The first-order valence-electron chi connectivity index (χ1n) is 7.06. The lowest BCUT2D eigenvalue weighted by molar-refractivity contribution is -0.384. The van der Waals surface area contributed by atoms with Gasteiger partial charge in [0.15, 0.2) is 0 Å². The molecule has 1 aliphatic rings. The third kappa shape index (κ3) is 3.03. The van der Waals surface area contributed by atoms with Gasteiger partial charge in [0, 0.05) is 13.1 Å². The van der Waals surface area contributed by atoms with Gasteiger partial charge < -0.3 is 4.90 Å². The summed E-state index contributed by atoms with van der Waals surface area (Å²) in [7, 11) is 0. The van der Waals surface area contributed by atoms with Crippen LogP contribution in [-0.2, 0) is 0 Å². The van der Waals surface area contributed by atoms with E-state index in [2.05, 4.69) is 23.7 Å². The van der Waals surface area contributed by atoms with Crippen LogP contribution >= 0.6 is 11.6 Å². The number of anilines is 1. The number of hydrogen-bond acceptors (Lipinski definition) is 4. The molecule has 0 bridgehead atoms. The Labute approximate surface area is 124 Å². The summed E-state index contributed by atoms with van der Waals surface area (Å²) in [4.78, 5) is 16.8. The van der Waals surface area contributed by atoms with E-state index in [0.717, 1.165) is 25.9 Å². The van der Waals surface area contributed by atoms with Crippen LogP contribution in [0, 0.1) is 15.5 Å². The molecule has 0 saturated carbocycles. The van der Waals surface area contributed by atoms with E-state index in [1.54, 1.807) is 0 Å². The molecule has 1 aliphatic heterocycles. The SMILES string of the molecule is CCC1(CC)CCN(c2cc([N+](=O)[O-])cc(Cl)n2)CC1. The van der Waals surface area contributed by atoms with Gasteiger partial charge in [-0.25, -0.2) is 4.98 Å². The predicted molar refractivity (Wildman–Crippen MR) is 80.4 cm³/mol. The van der Waals surface area contributed by atoms with Gasteiger partial charge in [0.2, 0.25) is 0 Å². The van der Waals surface area contributed by atoms with E-state index < -0.39 is 4.92 Å². The Bertz CT molecular complexity index is 493. The Kier molecular flexibility index (Phi) is 4.48. The van der Waals surface area contributed by atoms with Crippen LogP contribution in [0.5, 0.6) is 0 Å². The zero-order chi connectivity index (χ0) is 14.8. The van der Waals surface area contributed by atoms with Crippen molar-refractivity contribution in [1.29, 1.82) is 0 Å². The van der Waals surface area contributed by atoms with Crippen LogP contribution in [-0.4, -0.2) is 23.0 Å². The van der Waals surface area contributed by atoms with Crippen molar-refractivity contribution in [1.82, 2.24) is 4.98 Å². The molecule has 110 valence electrons. The number of halogens is 1. The van der Waals surface area contributed by atoms with Crippen molar-refractivity contribution in [2.75, 3.05) is 18.0 Å². The molecule has 20 heavy (non-hydrogen) atoms. The highest BCUT2D eigenvalue weighted by molar-refractivity contribution is 6.29. The Morgan fingerprint density at radius 2 is 1.95 bits per heavy atom. The number of hydrogen-bond donors (Lipinski definition) is 0. The highest BCUT2D eigenvalue weighted by atomic mass is 35.5. The number of rotatable bonds is 4. The first kappa shape index (κ1) is 15.0. The van der Waals surface area contributed by atoms with E-state index in [1.807, 2.05) is 0 Å². The normalized spacial score (nSPS) is 18.1. The summed E-state index contributed by atoms with van der Waals surface area (Å²) in [5.74, 6) is 0.616. The van der Waals surface area contributed by atoms with E-state index in [4.69, 9.17) is 11.6 Å². The molecule has 2 heterocycles. The maximum atomic E-state index is 10.9. The largest absolute Gasteiger partial charge is 0.356 e. The van der Waals surface area contributed by atoms with Crippen molar-refractivity contribution in [3.05, 3.63) is 27.4 Å². The van der Waals surface area contributed by atoms with Crippen molar-refractivity contribution in [3.63, 3.8) is 0 Å². The van der Waals surface area contributed by atoms with Crippen molar-refractivity contribution in [3.8, 4) is 0 Å². The fourth-order valence-electron chi connectivity index (χ4n) is 2.90. The van der Waals surface area contributed by atoms with Gasteiger partial charge in [-0.2, -0.15) is 0 Å². The minimum Gasteiger partial charge on any atom is -0.356 e. The van der Waals surface area contributed by atoms with Crippen LogP contribution in [0.1, 0.15) is 39.5 Å². The second-order valence-corrected chi connectivity index (χ2v) is 5.84. The molecule has 0 N–H and O–H groups in total. The van der Waals surface area contributed by atoms with Gasteiger partial charge >= 0.3 is 0 Å². The van der Waals surface area contributed by atoms with Crippen LogP contribution in [0.2, 0.25) is 5.15 Å². The lowest BCUT2D eigenvalue weighted by Gasteiger charge is -2.41. The number of piperidine rings is 1. The number of nitrogens with zero attached hydrogens (tertiary/aromatic N) is 3. The van der Waals surface area contributed by atoms with Crippen molar-refractivity contribution >= 4 is 23.1 Å². The minimum atomic E-state index is -0.427. The molecule has 1 fully saturated rings. The Morgan fingerprint density at radius 1 is 1.35 bits per heavy atom. The van der Waals surface area contributed by atoms with Gasteiger partial charge in [0.05, 0.1) is 17.1 Å². The van der Waals surface area contributed by atoms with Gasteiger partial charge in [-0.1, -0.05) is 38.3 Å². The van der Waals surface area contributed by atoms with E-state index in [9.17, 15) is 10.1 Å². The monoisotopic (exact) mass is 297 g/mol. The topological polar surface area (TPSA) is 59.3 Å². The van der Waals surface area contributed by atoms with E-state index >= 15 is 0 Å². The summed E-state index contributed by atoms with van der Waals surface area (Å²) >= 11 is 5.88. The Hall–Kier alpha value is -1.36. The fraction of sp³-hybridized carbons (Fsp3) is 0.643. The molecule has 2 rings (SSSR count). The maximum absolute atomic E-state index is 10.9. The summed E-state index contributed by atoms with van der Waals surface area (Å²) in [6.07, 6.45) is 4.56. The van der Waals surface area contributed by atoms with E-state index in [1.165, 1.54) is 25.0 Å². The summed E-state index contributed by atoms with van der Waals surface area (Å²) < 4.78 is 0. The second-order valence-electron chi connectivity index (χ2n) is 5.46. The van der Waals surface area contributed by atoms with E-state index in [0.29, 0.717) is 11.2 Å². The van der Waals surface area contributed by atoms with Crippen molar-refractivity contribution < 1.29 is 4.92 Å². The molecule has 5 nitrogen and oxygen atoms in total. The van der Waals surface area contributed by atoms with Crippen LogP contribution < -0.4 is 4.90 Å². The quantitative estimate of drug-likeness (QED) is 0.478. The van der Waals surface area contributed by atoms with Crippen LogP contribution in [0.25, 0.3) is 0 Å². The lowest BCUT2D eigenvalue weighted by Crippen LogP contribution is -2.40. The minimum absolute atomic E-state index is 0.00261. The highest BCUT2D eigenvalue weighted by Crippen LogP contribution is 2.39. The summed E-state index contributed by atoms with van der Waals surface area (Å²) in [5.41, 5.74) is 0.420. The average Bonchev–Trinajstić information content (AvgIpc) is 2.46. The first-order valence-corrected chi connectivity index (χ1v) is 7.44. The molecule has 0 atom stereocenters. The molecule has 0 unspecified atom stereocenters. The van der Waals surface area contributed by atoms with Crippen LogP contribution in [0.4, 0.5) is 11.5 Å². The van der Waals surface area contributed by atoms with Gasteiger partial charge in [-0.15, -0.1) is 0 Å². The number of pyridine rings is 1. The molecular weight excluding hydrogens is 278 g/mol. The smallest absolute Gasteiger partial charge is 0.276 e. The van der Waals surface area contributed by atoms with Crippen LogP contribution in [0.15, 0.2) is 12.1 Å². The molecule has 0 amide bonds. The Morgan fingerprint density at radius 3 is 2.45 bits per heavy atom. The zero-order valence-corrected chi connectivity index (χ0v) is 12.7. The molecule has 6 heteroatoms. The van der Waals surface area contributed by atoms with Gasteiger partial charge in [0.1, 0.15) is 11.0 Å². The molecular formula is C14H20ClN3O2. The van der Waals surface area contributed by atoms with Gasteiger partial charge in [-0.3, -0.25) is 10.1 Å². The first-order chi connectivity index (χ1) is 9.49. The third-order valence-electron chi connectivity index (χ3n) is 4.62. The van der Waals surface area contributed by atoms with Gasteiger partial charge in [-0.05, 0) is 18.3 Å². The average molecular weight is 298 g/mol. The third-order valence-corrected chi connectivity index (χ3v) is 4.82. The summed E-state index contributed by atoms with van der Waals surface area (Å²) in [6.45, 7) is 6.24. The standard InChI is InChI=1S/C14H20ClN3O2/c1-3-14(4-2)5-7-17(8-6-14)13-10-11(18(19)20)9-12(15)16-13/h9-10H,3-8H2,1-2H3. The number of aromatic nitrogens is 1. The van der Waals surface area contributed by atoms with Crippen LogP contribution in [0.3, 0.4) is 0 Å². The van der Waals surface area contributed by atoms with Crippen molar-refractivity contribution in [2.45, 2.75) is 39.5 Å². The summed E-state index contributed by atoms with van der Waals surface area (Å²) in [5, 5.41) is 11.1. The van der Waals surface area contributed by atoms with Crippen molar-refractivity contribution in [2.24, 2.45) is 5.41 Å². The maximum Gasteiger partial charge on any atom is 0.276 e. The van der Waals surface area contributed by atoms with E-state index in [-0.39, 0.29) is 10.8 Å². The molecule has 0 aliphatic carbocycles. The molecule has 1 aromatic rings. The zero-order valence-electron chi connectivity index (χ0n) is 11.9.